The van der Waals surface area contributed by atoms with Gasteiger partial charge in [0.1, 0.15) is 17.5 Å². The number of aryl methyl sites for hydroxylation is 1. The molecule has 1 saturated heterocycles. The lowest BCUT2D eigenvalue weighted by atomic mass is 10.1. The average Bonchev–Trinajstić information content (AvgIpc) is 3.19. The molecule has 2 N–H and O–H groups in total. The molecule has 1 amide bonds. The molecule has 3 aromatic heterocycles. The van der Waals surface area contributed by atoms with Crippen molar-refractivity contribution in [2.45, 2.75) is 32.4 Å². The van der Waals surface area contributed by atoms with Gasteiger partial charge in [-0.05, 0) is 42.7 Å². The van der Waals surface area contributed by atoms with Crippen LogP contribution in [0, 0.1) is 0 Å². The number of nitrogens with zero attached hydrogens (tertiary/aromatic N) is 3. The highest BCUT2D eigenvalue weighted by atomic mass is 16.5. The number of fused-ring (bicyclic) bond motifs is 1. The lowest BCUT2D eigenvalue weighted by Crippen LogP contribution is -2.25. The Bertz CT molecular complexity index is 1110. The van der Waals surface area contributed by atoms with E-state index in [0.29, 0.717) is 17.9 Å². The van der Waals surface area contributed by atoms with Gasteiger partial charge in [-0.2, -0.15) is 0 Å². The second-order valence-electron chi connectivity index (χ2n) is 7.48. The van der Waals surface area contributed by atoms with E-state index >= 15 is 0 Å². The third-order valence-corrected chi connectivity index (χ3v) is 5.34. The topological polar surface area (TPSA) is 100 Å². The maximum absolute atomic E-state index is 12.1. The van der Waals surface area contributed by atoms with Gasteiger partial charge in [-0.1, -0.05) is 6.92 Å². The highest BCUT2D eigenvalue weighted by Gasteiger charge is 2.24. The Balaban J connectivity index is 1.38. The van der Waals surface area contributed by atoms with Crippen molar-refractivity contribution in [2.24, 2.45) is 0 Å². The van der Waals surface area contributed by atoms with Gasteiger partial charge in [-0.25, -0.2) is 4.98 Å². The fourth-order valence-corrected chi connectivity index (χ4v) is 3.72. The van der Waals surface area contributed by atoms with Crippen LogP contribution in [0.3, 0.4) is 0 Å². The summed E-state index contributed by atoms with van der Waals surface area (Å²) in [6.07, 6.45) is 5.12. The summed E-state index contributed by atoms with van der Waals surface area (Å²) in [6.45, 7) is 4.41. The number of amides is 1. The van der Waals surface area contributed by atoms with Crippen LogP contribution >= 0.6 is 0 Å². The molecule has 30 heavy (non-hydrogen) atoms. The van der Waals surface area contributed by atoms with Crippen LogP contribution in [0.4, 0.5) is 0 Å². The van der Waals surface area contributed by atoms with Crippen molar-refractivity contribution in [2.75, 3.05) is 20.1 Å². The Hall–Kier alpha value is -3.26. The number of aromatic amines is 1. The second kappa shape index (κ2) is 8.62. The van der Waals surface area contributed by atoms with Crippen LogP contribution in [0.25, 0.3) is 11.0 Å². The number of carbonyl (C=O) groups excluding carboxylic acids is 1. The summed E-state index contributed by atoms with van der Waals surface area (Å²) in [5, 5.41) is 2.55. The van der Waals surface area contributed by atoms with Crippen molar-refractivity contribution in [1.82, 2.24) is 25.2 Å². The van der Waals surface area contributed by atoms with Gasteiger partial charge >= 0.3 is 0 Å². The standard InChI is InChI=1S/C22H25N5O3/c1-3-15-9-19-20(26-21(15)28)8-14(10-24-19)12-27-7-6-17(13-27)30-16-4-5-18(25-11-16)22(29)23-2/h4-5,8-11,17H,3,6-7,12-13H2,1-2H3,(H,23,29)(H,26,28)/t17-/m0/s1. The first kappa shape index (κ1) is 20.0. The van der Waals surface area contributed by atoms with Gasteiger partial charge in [-0.15, -0.1) is 0 Å². The molecule has 8 nitrogen and oxygen atoms in total. The number of aromatic nitrogens is 3. The van der Waals surface area contributed by atoms with Crippen LogP contribution in [0.1, 0.15) is 35.0 Å². The van der Waals surface area contributed by atoms with Crippen molar-refractivity contribution >= 4 is 16.9 Å². The Morgan fingerprint density at radius 1 is 1.30 bits per heavy atom. The first-order chi connectivity index (χ1) is 14.6. The minimum atomic E-state index is -0.218. The van der Waals surface area contributed by atoms with E-state index in [2.05, 4.69) is 25.2 Å². The zero-order valence-electron chi connectivity index (χ0n) is 17.1. The van der Waals surface area contributed by atoms with Gasteiger partial charge in [0.2, 0.25) is 0 Å². The molecule has 0 bridgehead atoms. The average molecular weight is 407 g/mol. The SMILES string of the molecule is CCc1cc2ncc(CN3CC[C@H](Oc4ccc(C(=O)NC)nc4)C3)cc2[nH]c1=O. The van der Waals surface area contributed by atoms with E-state index in [1.165, 1.54) is 0 Å². The van der Waals surface area contributed by atoms with Crippen LogP contribution in [0.15, 0.2) is 41.5 Å². The van der Waals surface area contributed by atoms with Crippen LogP contribution in [0.2, 0.25) is 0 Å². The van der Waals surface area contributed by atoms with E-state index in [9.17, 15) is 9.59 Å². The molecule has 1 atom stereocenters. The fraction of sp³-hybridized carbons (Fsp3) is 0.364. The third kappa shape index (κ3) is 4.33. The number of ether oxygens (including phenoxy) is 1. The number of hydrogen-bond acceptors (Lipinski definition) is 6. The van der Waals surface area contributed by atoms with Crippen LogP contribution in [-0.2, 0) is 13.0 Å². The second-order valence-corrected chi connectivity index (χ2v) is 7.48. The van der Waals surface area contributed by atoms with Gasteiger partial charge in [0, 0.05) is 38.4 Å². The summed E-state index contributed by atoms with van der Waals surface area (Å²) >= 11 is 0. The molecular weight excluding hydrogens is 382 g/mol. The van der Waals surface area contributed by atoms with Crippen molar-refractivity contribution in [3.8, 4) is 5.75 Å². The number of rotatable bonds is 6. The minimum Gasteiger partial charge on any atom is -0.487 e. The van der Waals surface area contributed by atoms with Gasteiger partial charge in [0.05, 0.1) is 17.2 Å². The number of hydrogen-bond donors (Lipinski definition) is 2. The molecular formula is C22H25N5O3. The van der Waals surface area contributed by atoms with Crippen LogP contribution in [0.5, 0.6) is 5.75 Å². The lowest BCUT2D eigenvalue weighted by Gasteiger charge is -2.17. The summed E-state index contributed by atoms with van der Waals surface area (Å²) < 4.78 is 6.02. The number of carbonyl (C=O) groups is 1. The molecule has 1 fully saturated rings. The zero-order valence-corrected chi connectivity index (χ0v) is 17.1. The molecule has 4 heterocycles. The molecule has 0 saturated carbocycles. The number of H-pyrrole nitrogens is 1. The monoisotopic (exact) mass is 407 g/mol. The van der Waals surface area contributed by atoms with E-state index in [-0.39, 0.29) is 17.6 Å². The molecule has 0 spiro atoms. The summed E-state index contributed by atoms with van der Waals surface area (Å²) in [5.41, 5.74) is 3.70. The maximum atomic E-state index is 12.1. The first-order valence-corrected chi connectivity index (χ1v) is 10.1. The minimum absolute atomic E-state index is 0.0466. The number of likely N-dealkylation sites (tertiary alicyclic amines) is 1. The molecule has 0 aromatic carbocycles. The van der Waals surface area contributed by atoms with Crippen molar-refractivity contribution in [3.05, 3.63) is 63.8 Å². The van der Waals surface area contributed by atoms with E-state index in [0.717, 1.165) is 48.2 Å². The Labute approximate surface area is 174 Å². The summed E-state index contributed by atoms with van der Waals surface area (Å²) in [5.74, 6) is 0.441. The maximum Gasteiger partial charge on any atom is 0.269 e. The molecule has 1 aliphatic rings. The summed E-state index contributed by atoms with van der Waals surface area (Å²) in [6, 6.07) is 7.29. The van der Waals surface area contributed by atoms with Crippen molar-refractivity contribution in [1.29, 1.82) is 0 Å². The summed E-state index contributed by atoms with van der Waals surface area (Å²) in [4.78, 5) is 37.5. The van der Waals surface area contributed by atoms with Gasteiger partial charge in [0.15, 0.2) is 0 Å². The quantitative estimate of drug-likeness (QED) is 0.647. The normalized spacial score (nSPS) is 16.7. The van der Waals surface area contributed by atoms with Crippen molar-refractivity contribution in [3.63, 3.8) is 0 Å². The zero-order chi connectivity index (χ0) is 21.1. The lowest BCUT2D eigenvalue weighted by molar-refractivity contribution is 0.0958. The van der Waals surface area contributed by atoms with Crippen LogP contribution < -0.4 is 15.6 Å². The molecule has 0 unspecified atom stereocenters. The van der Waals surface area contributed by atoms with Crippen molar-refractivity contribution < 1.29 is 9.53 Å². The Kier molecular flexibility index (Phi) is 5.76. The number of nitrogens with one attached hydrogen (secondary N) is 2. The van der Waals surface area contributed by atoms with E-state index in [1.54, 1.807) is 25.4 Å². The van der Waals surface area contributed by atoms with E-state index in [4.69, 9.17) is 4.74 Å². The number of pyridine rings is 3. The Morgan fingerprint density at radius 2 is 2.17 bits per heavy atom. The van der Waals surface area contributed by atoms with E-state index in [1.807, 2.05) is 25.3 Å². The highest BCUT2D eigenvalue weighted by Crippen LogP contribution is 2.20. The van der Waals surface area contributed by atoms with Crippen LogP contribution in [-0.4, -0.2) is 52.0 Å². The fourth-order valence-electron chi connectivity index (χ4n) is 3.72. The highest BCUT2D eigenvalue weighted by molar-refractivity contribution is 5.91. The first-order valence-electron chi connectivity index (χ1n) is 10.1. The van der Waals surface area contributed by atoms with E-state index < -0.39 is 0 Å². The molecule has 156 valence electrons. The molecule has 1 aliphatic heterocycles. The predicted octanol–water partition coefficient (Wildman–Crippen LogP) is 1.89. The molecule has 0 aliphatic carbocycles. The predicted molar refractivity (Wildman–Crippen MR) is 114 cm³/mol. The van der Waals surface area contributed by atoms with Gasteiger partial charge < -0.3 is 15.0 Å². The van der Waals surface area contributed by atoms with Gasteiger partial charge in [0.25, 0.3) is 11.5 Å². The largest absolute Gasteiger partial charge is 0.487 e. The Morgan fingerprint density at radius 3 is 2.90 bits per heavy atom. The smallest absolute Gasteiger partial charge is 0.269 e. The molecule has 4 rings (SSSR count). The molecule has 3 aromatic rings. The molecule has 8 heteroatoms. The van der Waals surface area contributed by atoms with Gasteiger partial charge in [-0.3, -0.25) is 19.5 Å². The third-order valence-electron chi connectivity index (χ3n) is 5.34. The summed E-state index contributed by atoms with van der Waals surface area (Å²) in [7, 11) is 1.58. The molecule has 0 radical (unpaired) electrons.